The zero-order valence-electron chi connectivity index (χ0n) is 11.9. The summed E-state index contributed by atoms with van der Waals surface area (Å²) in [7, 11) is 0. The maximum Gasteiger partial charge on any atom is 0.241 e. The van der Waals surface area contributed by atoms with E-state index >= 15 is 0 Å². The molecule has 4 heteroatoms. The fourth-order valence-electron chi connectivity index (χ4n) is 2.62. The molecule has 1 amide bonds. The number of fused-ring (bicyclic) bond motifs is 1. The van der Waals surface area contributed by atoms with Crippen molar-refractivity contribution in [3.8, 4) is 5.75 Å². The van der Waals surface area contributed by atoms with Gasteiger partial charge < -0.3 is 15.7 Å². The van der Waals surface area contributed by atoms with Crippen LogP contribution in [0.1, 0.15) is 16.7 Å². The molecule has 0 radical (unpaired) electrons. The molecule has 0 aromatic heterocycles. The molecule has 2 aromatic carbocycles. The van der Waals surface area contributed by atoms with Gasteiger partial charge in [-0.2, -0.15) is 0 Å². The van der Waals surface area contributed by atoms with Crippen LogP contribution in [0.3, 0.4) is 0 Å². The normalized spacial score (nSPS) is 17.1. The van der Waals surface area contributed by atoms with Crippen LogP contribution in [-0.4, -0.2) is 17.1 Å². The van der Waals surface area contributed by atoms with Crippen LogP contribution >= 0.6 is 0 Å². The Morgan fingerprint density at radius 2 is 1.95 bits per heavy atom. The van der Waals surface area contributed by atoms with E-state index in [9.17, 15) is 9.90 Å². The number of anilines is 1. The van der Waals surface area contributed by atoms with Crippen molar-refractivity contribution in [3.05, 3.63) is 59.2 Å². The van der Waals surface area contributed by atoms with Crippen LogP contribution in [0.15, 0.2) is 42.5 Å². The van der Waals surface area contributed by atoms with Crippen LogP contribution in [0.2, 0.25) is 0 Å². The van der Waals surface area contributed by atoms with Gasteiger partial charge in [-0.05, 0) is 36.1 Å². The second kappa shape index (κ2) is 5.58. The molecule has 0 bridgehead atoms. The van der Waals surface area contributed by atoms with Gasteiger partial charge in [-0.1, -0.05) is 36.4 Å². The lowest BCUT2D eigenvalue weighted by Crippen LogP contribution is -2.44. The third-order valence-electron chi connectivity index (χ3n) is 3.89. The number of carbonyl (C=O) groups is 1. The summed E-state index contributed by atoms with van der Waals surface area (Å²) in [5.74, 6) is 0.00691. The number of benzene rings is 2. The van der Waals surface area contributed by atoms with E-state index in [0.717, 1.165) is 5.56 Å². The summed E-state index contributed by atoms with van der Waals surface area (Å²) in [6, 6.07) is 13.2. The number of carbonyl (C=O) groups excluding carboxylic acids is 1. The number of phenols is 1. The minimum absolute atomic E-state index is 0.120. The molecular weight excluding hydrogens is 264 g/mol. The minimum Gasteiger partial charge on any atom is -0.505 e. The number of hydrogen-bond donors (Lipinski definition) is 3. The van der Waals surface area contributed by atoms with Crippen molar-refractivity contribution in [2.24, 2.45) is 0 Å². The van der Waals surface area contributed by atoms with Crippen LogP contribution < -0.4 is 10.6 Å². The highest BCUT2D eigenvalue weighted by Crippen LogP contribution is 2.27. The molecule has 0 unspecified atom stereocenters. The fraction of sp³-hybridized carbons (Fsp3) is 0.235. The van der Waals surface area contributed by atoms with Gasteiger partial charge in [-0.25, -0.2) is 0 Å². The average molecular weight is 282 g/mol. The lowest BCUT2D eigenvalue weighted by molar-refractivity contribution is -0.118. The van der Waals surface area contributed by atoms with E-state index in [4.69, 9.17) is 0 Å². The Hall–Kier alpha value is -2.33. The van der Waals surface area contributed by atoms with E-state index in [0.29, 0.717) is 18.7 Å². The molecule has 1 atom stereocenters. The highest BCUT2D eigenvalue weighted by Gasteiger charge is 2.24. The van der Waals surface area contributed by atoms with E-state index in [1.165, 1.54) is 11.1 Å². The predicted octanol–water partition coefficient (Wildman–Crippen LogP) is 2.35. The summed E-state index contributed by atoms with van der Waals surface area (Å²) in [6.07, 6.45) is 0.661. The molecule has 0 saturated carbocycles. The summed E-state index contributed by atoms with van der Waals surface area (Å²) >= 11 is 0. The number of aromatic hydroxyl groups is 1. The number of hydrogen-bond acceptors (Lipinski definition) is 3. The van der Waals surface area contributed by atoms with Gasteiger partial charge in [0.2, 0.25) is 5.91 Å². The molecule has 2 aromatic rings. The van der Waals surface area contributed by atoms with Crippen molar-refractivity contribution in [1.29, 1.82) is 0 Å². The SMILES string of the molecule is Cc1cccc(NC(=O)[C@@H]2Cc3ccccc3CN2)c1O. The summed E-state index contributed by atoms with van der Waals surface area (Å²) in [4.78, 5) is 12.4. The molecule has 0 saturated heterocycles. The summed E-state index contributed by atoms with van der Waals surface area (Å²) in [5, 5.41) is 16.0. The van der Waals surface area contributed by atoms with E-state index in [1.807, 2.05) is 18.2 Å². The second-order valence-corrected chi connectivity index (χ2v) is 5.37. The number of amides is 1. The molecular formula is C17H18N2O2. The molecule has 108 valence electrons. The number of nitrogens with one attached hydrogen (secondary N) is 2. The van der Waals surface area contributed by atoms with Crippen LogP contribution in [0.4, 0.5) is 5.69 Å². The fourth-order valence-corrected chi connectivity index (χ4v) is 2.62. The Morgan fingerprint density at radius 3 is 2.76 bits per heavy atom. The van der Waals surface area contributed by atoms with Crippen LogP contribution in [-0.2, 0) is 17.8 Å². The van der Waals surface area contributed by atoms with Crippen molar-refractivity contribution in [3.63, 3.8) is 0 Å². The van der Waals surface area contributed by atoms with Crippen LogP contribution in [0, 0.1) is 6.92 Å². The molecule has 0 fully saturated rings. The molecule has 3 N–H and O–H groups in total. The zero-order chi connectivity index (χ0) is 14.8. The number of aryl methyl sites for hydroxylation is 1. The van der Waals surface area contributed by atoms with Gasteiger partial charge in [0, 0.05) is 6.54 Å². The first-order chi connectivity index (χ1) is 10.1. The Morgan fingerprint density at radius 1 is 1.19 bits per heavy atom. The van der Waals surface area contributed by atoms with Crippen molar-refractivity contribution in [2.75, 3.05) is 5.32 Å². The van der Waals surface area contributed by atoms with Gasteiger partial charge in [0.05, 0.1) is 11.7 Å². The lowest BCUT2D eigenvalue weighted by Gasteiger charge is -2.25. The van der Waals surface area contributed by atoms with Gasteiger partial charge in [-0.15, -0.1) is 0 Å². The topological polar surface area (TPSA) is 61.4 Å². The molecule has 0 aliphatic carbocycles. The summed E-state index contributed by atoms with van der Waals surface area (Å²) in [6.45, 7) is 2.49. The Kier molecular flexibility index (Phi) is 3.62. The van der Waals surface area contributed by atoms with Gasteiger partial charge in [0.25, 0.3) is 0 Å². The van der Waals surface area contributed by atoms with Crippen LogP contribution in [0.25, 0.3) is 0 Å². The van der Waals surface area contributed by atoms with Gasteiger partial charge in [0.15, 0.2) is 0 Å². The molecule has 1 aliphatic rings. The Balaban J connectivity index is 1.74. The van der Waals surface area contributed by atoms with E-state index < -0.39 is 0 Å². The van der Waals surface area contributed by atoms with Gasteiger partial charge in [0.1, 0.15) is 5.75 Å². The van der Waals surface area contributed by atoms with Crippen LogP contribution in [0.5, 0.6) is 5.75 Å². The predicted molar refractivity (Wildman–Crippen MR) is 82.2 cm³/mol. The minimum atomic E-state index is -0.278. The molecule has 21 heavy (non-hydrogen) atoms. The first-order valence-corrected chi connectivity index (χ1v) is 7.05. The largest absolute Gasteiger partial charge is 0.505 e. The quantitative estimate of drug-likeness (QED) is 0.741. The number of phenolic OH excluding ortho intramolecular Hbond substituents is 1. The smallest absolute Gasteiger partial charge is 0.241 e. The second-order valence-electron chi connectivity index (χ2n) is 5.37. The first kappa shape index (κ1) is 13.6. The van der Waals surface area contributed by atoms with Crippen molar-refractivity contribution >= 4 is 11.6 Å². The Bertz CT molecular complexity index is 682. The van der Waals surface area contributed by atoms with Crippen molar-refractivity contribution < 1.29 is 9.90 Å². The number of rotatable bonds is 2. The molecule has 1 heterocycles. The maximum absolute atomic E-state index is 12.4. The summed E-state index contributed by atoms with van der Waals surface area (Å²) < 4.78 is 0. The third kappa shape index (κ3) is 2.76. The highest BCUT2D eigenvalue weighted by molar-refractivity contribution is 5.96. The van der Waals surface area contributed by atoms with Gasteiger partial charge >= 0.3 is 0 Å². The van der Waals surface area contributed by atoms with Crippen molar-refractivity contribution in [2.45, 2.75) is 25.9 Å². The maximum atomic E-state index is 12.4. The third-order valence-corrected chi connectivity index (χ3v) is 3.89. The summed E-state index contributed by atoms with van der Waals surface area (Å²) in [5.41, 5.74) is 3.64. The molecule has 0 spiro atoms. The molecule has 1 aliphatic heterocycles. The highest BCUT2D eigenvalue weighted by atomic mass is 16.3. The van der Waals surface area contributed by atoms with Gasteiger partial charge in [-0.3, -0.25) is 4.79 Å². The average Bonchev–Trinajstić information content (AvgIpc) is 2.51. The standard InChI is InChI=1S/C17H18N2O2/c1-11-5-4-8-14(16(11)20)19-17(21)15-9-12-6-2-3-7-13(12)10-18-15/h2-8,15,18,20H,9-10H2,1H3,(H,19,21)/t15-/m0/s1. The number of para-hydroxylation sites is 1. The van der Waals surface area contributed by atoms with E-state index in [1.54, 1.807) is 19.1 Å². The monoisotopic (exact) mass is 282 g/mol. The Labute approximate surface area is 123 Å². The molecule has 3 rings (SSSR count). The molecule has 4 nitrogen and oxygen atoms in total. The van der Waals surface area contributed by atoms with Crippen molar-refractivity contribution in [1.82, 2.24) is 5.32 Å². The first-order valence-electron chi connectivity index (χ1n) is 7.05. The zero-order valence-corrected chi connectivity index (χ0v) is 11.9. The lowest BCUT2D eigenvalue weighted by atomic mass is 9.95. The van der Waals surface area contributed by atoms with E-state index in [2.05, 4.69) is 22.8 Å². The van der Waals surface area contributed by atoms with E-state index in [-0.39, 0.29) is 17.7 Å².